The molecule has 1 fully saturated rings. The van der Waals surface area contributed by atoms with E-state index in [0.717, 1.165) is 4.57 Å². The Morgan fingerprint density at radius 1 is 1.60 bits per heavy atom. The smallest absolute Gasteiger partial charge is 0.436 e. The average Bonchev–Trinajstić information content (AvgIpc) is 2.95. The van der Waals surface area contributed by atoms with Crippen molar-refractivity contribution in [2.45, 2.75) is 31.5 Å². The fourth-order valence-electron chi connectivity index (χ4n) is 1.94. The standard InChI is InChI=1S/C10H13N3O7/c1-5(14)19-4-6-7(15)8(16)9(20-6)12-3-2-11-10(12)13(17)18/h2-3,6-9,15-16H,4H2,1H3/t6-,7-,8-,9-/m1/s1. The molecule has 10 nitrogen and oxygen atoms in total. The Morgan fingerprint density at radius 2 is 2.30 bits per heavy atom. The number of hydrogen-bond donors (Lipinski definition) is 2. The molecule has 2 rings (SSSR count). The molecule has 0 spiro atoms. The molecule has 1 saturated heterocycles. The molecular formula is C10H13N3O7. The molecule has 0 aromatic carbocycles. The number of carbonyl (C=O) groups is 1. The van der Waals surface area contributed by atoms with E-state index in [0.29, 0.717) is 0 Å². The van der Waals surface area contributed by atoms with Crippen LogP contribution in [-0.4, -0.2) is 55.6 Å². The molecule has 1 aliphatic rings. The summed E-state index contributed by atoms with van der Waals surface area (Å²) in [5, 5.41) is 30.5. The van der Waals surface area contributed by atoms with E-state index >= 15 is 0 Å². The summed E-state index contributed by atoms with van der Waals surface area (Å²) in [4.78, 5) is 24.3. The Morgan fingerprint density at radius 3 is 2.90 bits per heavy atom. The van der Waals surface area contributed by atoms with Gasteiger partial charge in [0.1, 0.15) is 37.3 Å². The highest BCUT2D eigenvalue weighted by Gasteiger charge is 2.47. The van der Waals surface area contributed by atoms with E-state index in [1.807, 2.05) is 0 Å². The van der Waals surface area contributed by atoms with Gasteiger partial charge < -0.3 is 29.8 Å². The Hall–Kier alpha value is -2.04. The van der Waals surface area contributed by atoms with Crippen molar-refractivity contribution in [2.24, 2.45) is 0 Å². The largest absolute Gasteiger partial charge is 0.463 e. The summed E-state index contributed by atoms with van der Waals surface area (Å²) in [5.74, 6) is -1.08. The van der Waals surface area contributed by atoms with E-state index in [9.17, 15) is 25.1 Å². The first-order valence-corrected chi connectivity index (χ1v) is 5.74. The van der Waals surface area contributed by atoms with Gasteiger partial charge in [0.25, 0.3) is 0 Å². The van der Waals surface area contributed by atoms with Gasteiger partial charge in [-0.05, 0) is 4.92 Å². The molecule has 2 heterocycles. The molecule has 2 N–H and O–H groups in total. The Balaban J connectivity index is 2.15. The fourth-order valence-corrected chi connectivity index (χ4v) is 1.94. The second-order valence-corrected chi connectivity index (χ2v) is 4.24. The van der Waals surface area contributed by atoms with Crippen molar-refractivity contribution in [3.63, 3.8) is 0 Å². The summed E-state index contributed by atoms with van der Waals surface area (Å²) in [7, 11) is 0. The molecule has 0 unspecified atom stereocenters. The van der Waals surface area contributed by atoms with Crippen LogP contribution in [0.2, 0.25) is 0 Å². The number of esters is 1. The average molecular weight is 287 g/mol. The number of ether oxygens (including phenoxy) is 2. The predicted octanol–water partition coefficient (Wildman–Crippen LogP) is -1.03. The molecule has 4 atom stereocenters. The first kappa shape index (κ1) is 14.4. The number of nitro groups is 1. The minimum absolute atomic E-state index is 0.257. The highest BCUT2D eigenvalue weighted by atomic mass is 16.6. The molecule has 0 radical (unpaired) electrons. The number of carbonyl (C=O) groups excluding carboxylic acids is 1. The van der Waals surface area contributed by atoms with Gasteiger partial charge in [0.15, 0.2) is 0 Å². The van der Waals surface area contributed by atoms with Gasteiger partial charge in [0, 0.05) is 6.92 Å². The van der Waals surface area contributed by atoms with E-state index < -0.39 is 41.4 Å². The fraction of sp³-hybridized carbons (Fsp3) is 0.600. The van der Waals surface area contributed by atoms with Gasteiger partial charge in [-0.2, -0.15) is 4.57 Å². The van der Waals surface area contributed by atoms with Crippen LogP contribution in [0.25, 0.3) is 0 Å². The van der Waals surface area contributed by atoms with Crippen molar-refractivity contribution in [1.82, 2.24) is 9.55 Å². The second-order valence-electron chi connectivity index (χ2n) is 4.24. The van der Waals surface area contributed by atoms with Crippen LogP contribution in [-0.2, 0) is 14.3 Å². The summed E-state index contributed by atoms with van der Waals surface area (Å²) in [6, 6.07) is 0. The zero-order chi connectivity index (χ0) is 14.9. The highest BCUT2D eigenvalue weighted by molar-refractivity contribution is 5.65. The molecule has 0 bridgehead atoms. The van der Waals surface area contributed by atoms with Crippen LogP contribution in [0.1, 0.15) is 13.2 Å². The van der Waals surface area contributed by atoms with Crippen molar-refractivity contribution >= 4 is 11.9 Å². The van der Waals surface area contributed by atoms with Gasteiger partial charge >= 0.3 is 11.9 Å². The summed E-state index contributed by atoms with van der Waals surface area (Å²) in [5.41, 5.74) is 0. The van der Waals surface area contributed by atoms with Crippen LogP contribution in [0.5, 0.6) is 0 Å². The van der Waals surface area contributed by atoms with Gasteiger partial charge in [-0.1, -0.05) is 4.98 Å². The van der Waals surface area contributed by atoms with Gasteiger partial charge in [0.05, 0.1) is 0 Å². The lowest BCUT2D eigenvalue weighted by Gasteiger charge is -2.13. The van der Waals surface area contributed by atoms with E-state index in [-0.39, 0.29) is 6.61 Å². The summed E-state index contributed by atoms with van der Waals surface area (Å²) in [6.45, 7) is 0.933. The zero-order valence-corrected chi connectivity index (χ0v) is 10.4. The van der Waals surface area contributed by atoms with Crippen molar-refractivity contribution in [3.8, 4) is 0 Å². The first-order valence-electron chi connectivity index (χ1n) is 5.74. The van der Waals surface area contributed by atoms with E-state index in [1.54, 1.807) is 0 Å². The van der Waals surface area contributed by atoms with Crippen LogP contribution in [0.4, 0.5) is 5.95 Å². The van der Waals surface area contributed by atoms with Crippen molar-refractivity contribution in [1.29, 1.82) is 0 Å². The topological polar surface area (TPSA) is 137 Å². The molecule has 10 heteroatoms. The molecule has 110 valence electrons. The monoisotopic (exact) mass is 287 g/mol. The van der Waals surface area contributed by atoms with Gasteiger partial charge in [-0.15, -0.1) is 0 Å². The quantitative estimate of drug-likeness (QED) is 0.407. The van der Waals surface area contributed by atoms with Crippen LogP contribution in [0, 0.1) is 10.1 Å². The number of aromatic nitrogens is 2. The third-order valence-corrected chi connectivity index (χ3v) is 2.87. The van der Waals surface area contributed by atoms with Crippen molar-refractivity contribution in [3.05, 3.63) is 22.5 Å². The highest BCUT2D eigenvalue weighted by Crippen LogP contribution is 2.31. The number of hydrogen-bond acceptors (Lipinski definition) is 8. The third-order valence-electron chi connectivity index (χ3n) is 2.87. The maximum Gasteiger partial charge on any atom is 0.436 e. The number of imidazole rings is 1. The zero-order valence-electron chi connectivity index (χ0n) is 10.4. The van der Waals surface area contributed by atoms with Crippen molar-refractivity contribution < 1.29 is 29.4 Å². The second kappa shape index (κ2) is 5.53. The third kappa shape index (κ3) is 2.61. The summed E-state index contributed by atoms with van der Waals surface area (Å²) >= 11 is 0. The molecule has 1 aliphatic heterocycles. The van der Waals surface area contributed by atoms with Gasteiger partial charge in [-0.25, -0.2) is 0 Å². The van der Waals surface area contributed by atoms with E-state index in [1.165, 1.54) is 19.3 Å². The normalized spacial score (nSPS) is 29.4. The van der Waals surface area contributed by atoms with Crippen LogP contribution in [0.15, 0.2) is 12.4 Å². The molecule has 0 amide bonds. The minimum Gasteiger partial charge on any atom is -0.463 e. The number of aliphatic hydroxyl groups is 2. The van der Waals surface area contributed by atoms with Crippen LogP contribution in [0.3, 0.4) is 0 Å². The molecule has 0 saturated carbocycles. The molecule has 0 aliphatic carbocycles. The lowest BCUT2D eigenvalue weighted by Crippen LogP contribution is -2.34. The molecular weight excluding hydrogens is 274 g/mol. The number of rotatable bonds is 4. The maximum atomic E-state index is 10.8. The lowest BCUT2D eigenvalue weighted by atomic mass is 10.1. The molecule has 20 heavy (non-hydrogen) atoms. The lowest BCUT2D eigenvalue weighted by molar-refractivity contribution is -0.398. The molecule has 1 aromatic rings. The maximum absolute atomic E-state index is 10.8. The van der Waals surface area contributed by atoms with E-state index in [2.05, 4.69) is 4.98 Å². The Kier molecular flexibility index (Phi) is 3.97. The van der Waals surface area contributed by atoms with Gasteiger partial charge in [-0.3, -0.25) is 4.79 Å². The van der Waals surface area contributed by atoms with Crippen molar-refractivity contribution in [2.75, 3.05) is 6.61 Å². The Bertz CT molecular complexity index is 517. The van der Waals surface area contributed by atoms with Crippen LogP contribution < -0.4 is 0 Å². The predicted molar refractivity (Wildman–Crippen MR) is 61.4 cm³/mol. The van der Waals surface area contributed by atoms with Crippen LogP contribution >= 0.6 is 0 Å². The van der Waals surface area contributed by atoms with E-state index in [4.69, 9.17) is 9.47 Å². The summed E-state index contributed by atoms with van der Waals surface area (Å²) in [6.07, 6.45) is -2.44. The first-order chi connectivity index (χ1) is 9.41. The van der Waals surface area contributed by atoms with Gasteiger partial charge in [0.2, 0.25) is 6.23 Å². The number of aliphatic hydroxyl groups excluding tert-OH is 2. The minimum atomic E-state index is -1.40. The number of nitrogens with zero attached hydrogens (tertiary/aromatic N) is 3. The Labute approximate surface area is 112 Å². The summed E-state index contributed by atoms with van der Waals surface area (Å²) < 4.78 is 11.0. The molecule has 1 aromatic heterocycles. The SMILES string of the molecule is CC(=O)OC[C@H]1O[C@@H](n2ccnc2[N+](=O)[O-])[C@H](O)[C@@H]1O.